The number of anilines is 1. The molecule has 0 atom stereocenters. The van der Waals surface area contributed by atoms with Crippen LogP contribution in [0.1, 0.15) is 26.7 Å². The second kappa shape index (κ2) is 7.58. The summed E-state index contributed by atoms with van der Waals surface area (Å²) in [6.45, 7) is 5.98. The number of hydrogen-bond donors (Lipinski definition) is 1. The van der Waals surface area contributed by atoms with Crippen LogP contribution in [0.5, 0.6) is 5.75 Å². The van der Waals surface area contributed by atoms with E-state index in [-0.39, 0.29) is 6.61 Å². The summed E-state index contributed by atoms with van der Waals surface area (Å²) in [6.07, 6.45) is 2.17. The van der Waals surface area contributed by atoms with Crippen LogP contribution in [0.25, 0.3) is 0 Å². The maximum absolute atomic E-state index is 10.5. The second-order valence-electron chi connectivity index (χ2n) is 4.17. The third-order valence-electron chi connectivity index (χ3n) is 2.53. The van der Waals surface area contributed by atoms with Gasteiger partial charge in [0, 0.05) is 24.8 Å². The van der Waals surface area contributed by atoms with Crippen molar-refractivity contribution in [3.8, 4) is 5.75 Å². The number of carbonyl (C=O) groups is 1. The number of ether oxygens (including phenoxy) is 1. The molecule has 4 heteroatoms. The molecule has 0 fully saturated rings. The lowest BCUT2D eigenvalue weighted by atomic mass is 10.2. The summed E-state index contributed by atoms with van der Waals surface area (Å²) in [6, 6.07) is 7.60. The Morgan fingerprint density at radius 1 is 1.28 bits per heavy atom. The Balaban J connectivity index is 2.74. The van der Waals surface area contributed by atoms with E-state index in [2.05, 4.69) is 18.7 Å². The van der Waals surface area contributed by atoms with Crippen LogP contribution in [0.3, 0.4) is 0 Å². The molecule has 0 radical (unpaired) electrons. The molecule has 0 aromatic heterocycles. The predicted octanol–water partition coefficient (Wildman–Crippen LogP) is 2.78. The summed E-state index contributed by atoms with van der Waals surface area (Å²) < 4.78 is 5.19. The van der Waals surface area contributed by atoms with Gasteiger partial charge in [0.1, 0.15) is 5.75 Å². The van der Waals surface area contributed by atoms with E-state index in [4.69, 9.17) is 9.84 Å². The molecule has 0 bridgehead atoms. The fraction of sp³-hybridized carbons (Fsp3) is 0.500. The maximum Gasteiger partial charge on any atom is 0.341 e. The van der Waals surface area contributed by atoms with Gasteiger partial charge in [0.25, 0.3) is 0 Å². The van der Waals surface area contributed by atoms with Crippen molar-refractivity contribution in [1.29, 1.82) is 0 Å². The van der Waals surface area contributed by atoms with Crippen LogP contribution in [0, 0.1) is 0 Å². The molecule has 0 amide bonds. The lowest BCUT2D eigenvalue weighted by Crippen LogP contribution is -2.24. The normalized spacial score (nSPS) is 10.1. The molecule has 0 unspecified atom stereocenters. The highest BCUT2D eigenvalue weighted by Crippen LogP contribution is 2.21. The van der Waals surface area contributed by atoms with Crippen molar-refractivity contribution < 1.29 is 14.6 Å². The monoisotopic (exact) mass is 251 g/mol. The molecule has 18 heavy (non-hydrogen) atoms. The van der Waals surface area contributed by atoms with Crippen LogP contribution >= 0.6 is 0 Å². The van der Waals surface area contributed by atoms with E-state index in [0.717, 1.165) is 31.6 Å². The zero-order chi connectivity index (χ0) is 13.4. The average Bonchev–Trinajstić information content (AvgIpc) is 2.36. The number of nitrogens with zero attached hydrogens (tertiary/aromatic N) is 1. The first-order valence-corrected chi connectivity index (χ1v) is 6.37. The molecule has 0 aliphatic rings. The first-order valence-electron chi connectivity index (χ1n) is 6.37. The molecule has 0 heterocycles. The first-order chi connectivity index (χ1) is 8.67. The van der Waals surface area contributed by atoms with Crippen molar-refractivity contribution in [2.75, 3.05) is 24.6 Å². The summed E-state index contributed by atoms with van der Waals surface area (Å²) in [5, 5.41) is 8.59. The Morgan fingerprint density at radius 2 is 1.94 bits per heavy atom. The van der Waals surface area contributed by atoms with Gasteiger partial charge in [-0.25, -0.2) is 4.79 Å². The third-order valence-corrected chi connectivity index (χ3v) is 2.53. The molecule has 0 saturated heterocycles. The van der Waals surface area contributed by atoms with Gasteiger partial charge in [-0.15, -0.1) is 0 Å². The van der Waals surface area contributed by atoms with E-state index < -0.39 is 5.97 Å². The van der Waals surface area contributed by atoms with Crippen LogP contribution in [0.15, 0.2) is 24.3 Å². The van der Waals surface area contributed by atoms with Crippen molar-refractivity contribution in [2.24, 2.45) is 0 Å². The smallest absolute Gasteiger partial charge is 0.341 e. The molecule has 0 spiro atoms. The number of rotatable bonds is 8. The summed E-state index contributed by atoms with van der Waals surface area (Å²) in [5.74, 6) is -0.355. The minimum Gasteiger partial charge on any atom is -0.482 e. The van der Waals surface area contributed by atoms with E-state index in [1.165, 1.54) is 0 Å². The molecule has 0 aliphatic heterocycles. The van der Waals surface area contributed by atoms with Crippen LogP contribution in [0.2, 0.25) is 0 Å². The van der Waals surface area contributed by atoms with Gasteiger partial charge in [-0.1, -0.05) is 19.9 Å². The molecular formula is C14H21NO3. The van der Waals surface area contributed by atoms with Crippen molar-refractivity contribution >= 4 is 11.7 Å². The van der Waals surface area contributed by atoms with Crippen LogP contribution < -0.4 is 9.64 Å². The molecule has 100 valence electrons. The molecular weight excluding hydrogens is 230 g/mol. The third kappa shape index (κ3) is 4.65. The molecule has 4 nitrogen and oxygen atoms in total. The number of carboxylic acid groups (broad SMARTS) is 1. The van der Waals surface area contributed by atoms with Gasteiger partial charge >= 0.3 is 5.97 Å². The standard InChI is InChI=1S/C14H21NO3/c1-3-8-15(9-4-2)12-6-5-7-13(10-12)18-11-14(16)17/h5-7,10H,3-4,8-9,11H2,1-2H3,(H,16,17). The van der Waals surface area contributed by atoms with Gasteiger partial charge in [-0.2, -0.15) is 0 Å². The highest BCUT2D eigenvalue weighted by Gasteiger charge is 2.06. The number of aliphatic carboxylic acids is 1. The molecule has 1 aromatic rings. The molecule has 1 rings (SSSR count). The number of benzene rings is 1. The lowest BCUT2D eigenvalue weighted by Gasteiger charge is -2.24. The lowest BCUT2D eigenvalue weighted by molar-refractivity contribution is -0.139. The second-order valence-corrected chi connectivity index (χ2v) is 4.17. The van der Waals surface area contributed by atoms with E-state index in [9.17, 15) is 4.79 Å². The number of hydrogen-bond acceptors (Lipinski definition) is 3. The predicted molar refractivity (Wildman–Crippen MR) is 72.4 cm³/mol. The number of carboxylic acids is 1. The van der Waals surface area contributed by atoms with E-state index in [1.54, 1.807) is 6.07 Å². The van der Waals surface area contributed by atoms with Gasteiger partial charge in [0.05, 0.1) is 0 Å². The van der Waals surface area contributed by atoms with Gasteiger partial charge in [-0.3, -0.25) is 0 Å². The minimum atomic E-state index is -0.959. The quantitative estimate of drug-likeness (QED) is 0.772. The van der Waals surface area contributed by atoms with E-state index in [0.29, 0.717) is 5.75 Å². The summed E-state index contributed by atoms with van der Waals surface area (Å²) >= 11 is 0. The Morgan fingerprint density at radius 3 is 2.50 bits per heavy atom. The Hall–Kier alpha value is -1.71. The van der Waals surface area contributed by atoms with Crippen LogP contribution in [-0.4, -0.2) is 30.8 Å². The summed E-state index contributed by atoms with van der Waals surface area (Å²) in [5.41, 5.74) is 1.08. The summed E-state index contributed by atoms with van der Waals surface area (Å²) in [7, 11) is 0. The topological polar surface area (TPSA) is 49.8 Å². The van der Waals surface area contributed by atoms with Crippen LogP contribution in [0.4, 0.5) is 5.69 Å². The van der Waals surface area contributed by atoms with Gasteiger partial charge in [-0.05, 0) is 25.0 Å². The molecule has 1 N–H and O–H groups in total. The highest BCUT2D eigenvalue weighted by atomic mass is 16.5. The van der Waals surface area contributed by atoms with Gasteiger partial charge < -0.3 is 14.7 Å². The van der Waals surface area contributed by atoms with Crippen molar-refractivity contribution in [3.05, 3.63) is 24.3 Å². The SMILES string of the molecule is CCCN(CCC)c1cccc(OCC(=O)O)c1. The Kier molecular flexibility index (Phi) is 6.05. The van der Waals surface area contributed by atoms with Crippen molar-refractivity contribution in [2.45, 2.75) is 26.7 Å². The highest BCUT2D eigenvalue weighted by molar-refractivity contribution is 5.68. The summed E-state index contributed by atoms with van der Waals surface area (Å²) in [4.78, 5) is 12.7. The van der Waals surface area contributed by atoms with Crippen molar-refractivity contribution in [3.63, 3.8) is 0 Å². The average molecular weight is 251 g/mol. The molecule has 0 aliphatic carbocycles. The fourth-order valence-electron chi connectivity index (χ4n) is 1.82. The Labute approximate surface area is 108 Å². The van der Waals surface area contributed by atoms with Crippen LogP contribution in [-0.2, 0) is 4.79 Å². The zero-order valence-corrected chi connectivity index (χ0v) is 11.1. The Bertz CT molecular complexity index is 373. The van der Waals surface area contributed by atoms with E-state index >= 15 is 0 Å². The molecule has 1 aromatic carbocycles. The van der Waals surface area contributed by atoms with E-state index in [1.807, 2.05) is 18.2 Å². The largest absolute Gasteiger partial charge is 0.482 e. The zero-order valence-electron chi connectivity index (χ0n) is 11.1. The molecule has 0 saturated carbocycles. The van der Waals surface area contributed by atoms with Gasteiger partial charge in [0.15, 0.2) is 6.61 Å². The van der Waals surface area contributed by atoms with Gasteiger partial charge in [0.2, 0.25) is 0 Å². The van der Waals surface area contributed by atoms with Crippen molar-refractivity contribution in [1.82, 2.24) is 0 Å². The maximum atomic E-state index is 10.5. The first kappa shape index (κ1) is 14.4. The fourth-order valence-corrected chi connectivity index (χ4v) is 1.82. The minimum absolute atomic E-state index is 0.301.